The molecule has 3 aromatic rings. The minimum absolute atomic E-state index is 0. The first-order valence-corrected chi connectivity index (χ1v) is 9.91. The second-order valence-corrected chi connectivity index (χ2v) is 7.91. The topological polar surface area (TPSA) is 95.9 Å². The Morgan fingerprint density at radius 3 is 2.77 bits per heavy atom. The van der Waals surface area contributed by atoms with E-state index in [1.807, 2.05) is 51.5 Å². The molecule has 0 saturated carbocycles. The van der Waals surface area contributed by atoms with E-state index in [9.17, 15) is 9.59 Å². The number of rotatable bonds is 5. The van der Waals surface area contributed by atoms with Gasteiger partial charge in [-0.25, -0.2) is 4.98 Å². The van der Waals surface area contributed by atoms with Crippen LogP contribution in [0.15, 0.2) is 41.5 Å². The van der Waals surface area contributed by atoms with Crippen molar-refractivity contribution in [2.75, 3.05) is 13.1 Å². The lowest BCUT2D eigenvalue weighted by atomic mass is 9.89. The Morgan fingerprint density at radius 2 is 2.07 bits per heavy atom. The number of H-pyrrole nitrogens is 1. The highest BCUT2D eigenvalue weighted by Crippen LogP contribution is 2.30. The zero-order chi connectivity index (χ0) is 20.5. The molecule has 1 fully saturated rings. The summed E-state index contributed by atoms with van der Waals surface area (Å²) < 4.78 is 1.76. The molecule has 0 bridgehead atoms. The molecule has 0 unspecified atom stereocenters. The van der Waals surface area contributed by atoms with Crippen LogP contribution in [0, 0.1) is 5.92 Å². The highest BCUT2D eigenvalue weighted by molar-refractivity contribution is 5.85. The van der Waals surface area contributed by atoms with Crippen molar-refractivity contribution in [3.8, 4) is 0 Å². The largest absolute Gasteiger partial charge is 0.333 e. The molecule has 2 N–H and O–H groups in total. The summed E-state index contributed by atoms with van der Waals surface area (Å²) in [7, 11) is 1.88. The summed E-state index contributed by atoms with van der Waals surface area (Å²) in [4.78, 5) is 35.1. The zero-order valence-electron chi connectivity index (χ0n) is 17.3. The van der Waals surface area contributed by atoms with Crippen molar-refractivity contribution in [3.63, 3.8) is 0 Å². The van der Waals surface area contributed by atoms with Crippen LogP contribution in [-0.4, -0.2) is 49.7 Å². The standard InChI is InChI=1S/C21H26N6O2.ClH/c1-13(2)27(12-19-24-18-7-5-4-6-15(18)20(28)25-19)21(29)17-10-22-9-16(17)14-8-23-26(3)11-14;/h4-8,11,13,16-17,22H,9-10,12H2,1-3H3,(H,24,25,28);1H/t16-,17+;/m1./s1. The number of amides is 1. The molecule has 30 heavy (non-hydrogen) atoms. The van der Waals surface area contributed by atoms with Crippen LogP contribution in [0.4, 0.5) is 0 Å². The minimum atomic E-state index is -0.183. The van der Waals surface area contributed by atoms with Crippen molar-refractivity contribution < 1.29 is 4.79 Å². The fraction of sp³-hybridized carbons (Fsp3) is 0.429. The van der Waals surface area contributed by atoms with Gasteiger partial charge < -0.3 is 15.2 Å². The van der Waals surface area contributed by atoms with E-state index in [0.29, 0.717) is 23.3 Å². The van der Waals surface area contributed by atoms with Crippen molar-refractivity contribution in [3.05, 3.63) is 58.4 Å². The van der Waals surface area contributed by atoms with Crippen molar-refractivity contribution in [2.24, 2.45) is 13.0 Å². The predicted molar refractivity (Wildman–Crippen MR) is 118 cm³/mol. The molecule has 4 rings (SSSR count). The first-order chi connectivity index (χ1) is 13.9. The molecule has 1 amide bonds. The van der Waals surface area contributed by atoms with Gasteiger partial charge in [0, 0.05) is 38.3 Å². The summed E-state index contributed by atoms with van der Waals surface area (Å²) >= 11 is 0. The van der Waals surface area contributed by atoms with Crippen LogP contribution in [0.2, 0.25) is 0 Å². The average molecular weight is 431 g/mol. The van der Waals surface area contributed by atoms with Gasteiger partial charge in [-0.2, -0.15) is 5.10 Å². The number of carbonyl (C=O) groups is 1. The van der Waals surface area contributed by atoms with Crippen LogP contribution in [0.3, 0.4) is 0 Å². The van der Waals surface area contributed by atoms with Gasteiger partial charge in [0.15, 0.2) is 0 Å². The molecule has 8 nitrogen and oxygen atoms in total. The highest BCUT2D eigenvalue weighted by atomic mass is 35.5. The Balaban J connectivity index is 0.00000256. The second-order valence-electron chi connectivity index (χ2n) is 7.91. The SMILES string of the molecule is CC(C)N(Cc1nc2ccccc2c(=O)[nH]1)C(=O)[C@H]1CNC[C@@H]1c1cnn(C)c1.Cl. The fourth-order valence-corrected chi connectivity index (χ4v) is 4.02. The molecule has 1 aromatic carbocycles. The van der Waals surface area contributed by atoms with E-state index in [2.05, 4.69) is 20.4 Å². The van der Waals surface area contributed by atoms with Crippen LogP contribution in [-0.2, 0) is 18.4 Å². The molecule has 9 heteroatoms. The van der Waals surface area contributed by atoms with Crippen LogP contribution in [0.1, 0.15) is 31.2 Å². The number of fused-ring (bicyclic) bond motifs is 1. The third-order valence-electron chi connectivity index (χ3n) is 5.57. The summed E-state index contributed by atoms with van der Waals surface area (Å²) in [6.07, 6.45) is 3.81. The third-order valence-corrected chi connectivity index (χ3v) is 5.57. The van der Waals surface area contributed by atoms with Crippen LogP contribution in [0.5, 0.6) is 0 Å². The summed E-state index contributed by atoms with van der Waals surface area (Å²) in [5.74, 6) is 0.476. The number of hydrogen-bond acceptors (Lipinski definition) is 5. The number of aromatic amines is 1. The minimum Gasteiger partial charge on any atom is -0.333 e. The van der Waals surface area contributed by atoms with Gasteiger partial charge in [0.1, 0.15) is 5.82 Å². The molecule has 1 aliphatic rings. The summed E-state index contributed by atoms with van der Waals surface area (Å²) in [6, 6.07) is 7.21. The van der Waals surface area contributed by atoms with Crippen molar-refractivity contribution in [2.45, 2.75) is 32.4 Å². The van der Waals surface area contributed by atoms with E-state index < -0.39 is 0 Å². The van der Waals surface area contributed by atoms with Crippen LogP contribution < -0.4 is 10.9 Å². The first-order valence-electron chi connectivity index (χ1n) is 9.91. The van der Waals surface area contributed by atoms with Gasteiger partial charge in [-0.1, -0.05) is 12.1 Å². The third kappa shape index (κ3) is 4.24. The molecule has 0 aliphatic carbocycles. The number of hydrogen-bond donors (Lipinski definition) is 2. The number of halogens is 1. The van der Waals surface area contributed by atoms with Crippen molar-refractivity contribution in [1.82, 2.24) is 30.0 Å². The van der Waals surface area contributed by atoms with E-state index in [1.165, 1.54) is 0 Å². The molecule has 2 aromatic heterocycles. The fourth-order valence-electron chi connectivity index (χ4n) is 4.02. The van der Waals surface area contributed by atoms with E-state index in [4.69, 9.17) is 0 Å². The molecule has 160 valence electrons. The van der Waals surface area contributed by atoms with Crippen LogP contribution >= 0.6 is 12.4 Å². The quantitative estimate of drug-likeness (QED) is 0.643. The number of aromatic nitrogens is 4. The normalized spacial score (nSPS) is 18.5. The highest BCUT2D eigenvalue weighted by Gasteiger charge is 2.38. The smallest absolute Gasteiger partial charge is 0.258 e. The van der Waals surface area contributed by atoms with Gasteiger partial charge >= 0.3 is 0 Å². The lowest BCUT2D eigenvalue weighted by Crippen LogP contribution is -2.43. The molecule has 1 aliphatic heterocycles. The Labute approximate surface area is 181 Å². The number of nitrogens with one attached hydrogen (secondary N) is 2. The molecule has 0 radical (unpaired) electrons. The maximum atomic E-state index is 13.5. The van der Waals surface area contributed by atoms with Crippen molar-refractivity contribution in [1.29, 1.82) is 0 Å². The van der Waals surface area contributed by atoms with Gasteiger partial charge in [0.05, 0.1) is 29.6 Å². The van der Waals surface area contributed by atoms with Crippen molar-refractivity contribution >= 4 is 29.2 Å². The maximum absolute atomic E-state index is 13.5. The Bertz CT molecular complexity index is 1090. The lowest BCUT2D eigenvalue weighted by Gasteiger charge is -2.30. The number of carbonyl (C=O) groups excluding carboxylic acids is 1. The van der Waals surface area contributed by atoms with E-state index >= 15 is 0 Å². The molecule has 1 saturated heterocycles. The summed E-state index contributed by atoms with van der Waals surface area (Å²) in [6.45, 7) is 5.62. The number of para-hydroxylation sites is 1. The number of aryl methyl sites for hydroxylation is 1. The van der Waals surface area contributed by atoms with Gasteiger partial charge in [0.2, 0.25) is 5.91 Å². The molecule has 0 spiro atoms. The monoisotopic (exact) mass is 430 g/mol. The van der Waals surface area contributed by atoms with Gasteiger partial charge in [0.25, 0.3) is 5.56 Å². The molecule has 3 heterocycles. The average Bonchev–Trinajstić information content (AvgIpc) is 3.34. The van der Waals surface area contributed by atoms with Gasteiger partial charge in [-0.15, -0.1) is 12.4 Å². The Kier molecular flexibility index (Phi) is 6.58. The Morgan fingerprint density at radius 1 is 1.30 bits per heavy atom. The zero-order valence-corrected chi connectivity index (χ0v) is 18.1. The lowest BCUT2D eigenvalue weighted by molar-refractivity contribution is -0.138. The first kappa shape index (κ1) is 22.0. The summed E-state index contributed by atoms with van der Waals surface area (Å²) in [5, 5.41) is 8.15. The van der Waals surface area contributed by atoms with Gasteiger partial charge in [-0.05, 0) is 31.5 Å². The van der Waals surface area contributed by atoms with E-state index in [-0.39, 0.29) is 48.3 Å². The molecular formula is C21H27ClN6O2. The molecular weight excluding hydrogens is 404 g/mol. The van der Waals surface area contributed by atoms with E-state index in [0.717, 1.165) is 12.1 Å². The predicted octanol–water partition coefficient (Wildman–Crippen LogP) is 1.82. The Hall–Kier alpha value is -2.71. The molecule has 2 atom stereocenters. The maximum Gasteiger partial charge on any atom is 0.258 e. The van der Waals surface area contributed by atoms with Gasteiger partial charge in [-0.3, -0.25) is 14.3 Å². The number of nitrogens with zero attached hydrogens (tertiary/aromatic N) is 4. The van der Waals surface area contributed by atoms with E-state index in [1.54, 1.807) is 15.6 Å². The van der Waals surface area contributed by atoms with Crippen LogP contribution in [0.25, 0.3) is 10.9 Å². The second kappa shape index (κ2) is 8.97. The number of benzene rings is 1. The summed E-state index contributed by atoms with van der Waals surface area (Å²) in [5.41, 5.74) is 1.52.